The van der Waals surface area contributed by atoms with Crippen LogP contribution in [0.1, 0.15) is 30.6 Å². The van der Waals surface area contributed by atoms with Crippen LogP contribution in [0.5, 0.6) is 0 Å². The molecule has 0 spiro atoms. The third-order valence-corrected chi connectivity index (χ3v) is 5.89. The maximum absolute atomic E-state index is 12.7. The van der Waals surface area contributed by atoms with Crippen LogP contribution in [0.15, 0.2) is 29.6 Å². The number of nitrogens with zero attached hydrogens (tertiary/aromatic N) is 3. The van der Waals surface area contributed by atoms with Crippen LogP contribution in [0, 0.1) is 17.2 Å². The number of thiazole rings is 1. The molecule has 1 aliphatic rings. The number of aromatic nitrogens is 1. The highest BCUT2D eigenvalue weighted by molar-refractivity contribution is 7.14. The Hall–Kier alpha value is -2.96. The van der Waals surface area contributed by atoms with E-state index >= 15 is 0 Å². The first-order valence-corrected chi connectivity index (χ1v) is 11.3. The standard InChI is InChI=1S/C22H28N6O2S/c1-15(2)13-18(21(30)25-8-7-23)26-20(29)17-5-3-16(4-6-17)19-14-31-22(27-19)28-11-9-24-10-12-28/h3-6,14-15,18,24H,8-13H2,1-2H3,(H,25,30)(H,26,29). The molecule has 0 saturated carbocycles. The number of piperazine rings is 1. The highest BCUT2D eigenvalue weighted by atomic mass is 32.1. The molecule has 3 N–H and O–H groups in total. The average Bonchev–Trinajstić information content (AvgIpc) is 3.27. The van der Waals surface area contributed by atoms with Crippen LogP contribution in [0.25, 0.3) is 11.3 Å². The van der Waals surface area contributed by atoms with E-state index in [0.29, 0.717) is 12.0 Å². The predicted octanol–water partition coefficient (Wildman–Crippen LogP) is 2.00. The molecule has 1 aromatic heterocycles. The van der Waals surface area contributed by atoms with E-state index in [1.807, 2.05) is 37.4 Å². The Morgan fingerprint density at radius 3 is 2.61 bits per heavy atom. The molecule has 31 heavy (non-hydrogen) atoms. The Morgan fingerprint density at radius 1 is 1.26 bits per heavy atom. The van der Waals surface area contributed by atoms with Crippen LogP contribution < -0.4 is 20.9 Å². The molecule has 9 heteroatoms. The average molecular weight is 441 g/mol. The first-order chi connectivity index (χ1) is 15.0. The number of amides is 2. The molecule has 1 saturated heterocycles. The van der Waals surface area contributed by atoms with Gasteiger partial charge in [-0.2, -0.15) is 5.26 Å². The van der Waals surface area contributed by atoms with Gasteiger partial charge in [0.2, 0.25) is 5.91 Å². The highest BCUT2D eigenvalue weighted by Crippen LogP contribution is 2.27. The third kappa shape index (κ3) is 6.26. The summed E-state index contributed by atoms with van der Waals surface area (Å²) < 4.78 is 0. The van der Waals surface area contributed by atoms with Gasteiger partial charge in [-0.3, -0.25) is 9.59 Å². The number of hydrogen-bond donors (Lipinski definition) is 3. The van der Waals surface area contributed by atoms with E-state index in [9.17, 15) is 9.59 Å². The molecule has 1 aromatic carbocycles. The molecule has 8 nitrogen and oxygen atoms in total. The summed E-state index contributed by atoms with van der Waals surface area (Å²) >= 11 is 1.63. The fourth-order valence-electron chi connectivity index (χ4n) is 3.38. The minimum absolute atomic E-state index is 0.0818. The Balaban J connectivity index is 1.65. The second kappa shape index (κ2) is 10.9. The van der Waals surface area contributed by atoms with Crippen molar-refractivity contribution in [3.05, 3.63) is 35.2 Å². The minimum atomic E-state index is -0.680. The Labute approximate surface area is 186 Å². The van der Waals surface area contributed by atoms with Gasteiger partial charge in [0.1, 0.15) is 12.6 Å². The van der Waals surface area contributed by atoms with Gasteiger partial charge < -0.3 is 20.9 Å². The molecule has 0 bridgehead atoms. The van der Waals surface area contributed by atoms with Crippen LogP contribution in [0.2, 0.25) is 0 Å². The Bertz CT molecular complexity index is 928. The number of benzene rings is 1. The Kier molecular flexibility index (Phi) is 7.98. The van der Waals surface area contributed by atoms with E-state index in [2.05, 4.69) is 20.9 Å². The fourth-order valence-corrected chi connectivity index (χ4v) is 4.27. The summed E-state index contributed by atoms with van der Waals surface area (Å²) in [5.74, 6) is -0.442. The smallest absolute Gasteiger partial charge is 0.251 e. The topological polar surface area (TPSA) is 110 Å². The van der Waals surface area contributed by atoms with Crippen LogP contribution in [0.3, 0.4) is 0 Å². The molecule has 2 amide bonds. The van der Waals surface area contributed by atoms with Gasteiger partial charge in [-0.25, -0.2) is 4.98 Å². The lowest BCUT2D eigenvalue weighted by atomic mass is 10.0. The summed E-state index contributed by atoms with van der Waals surface area (Å²) in [5, 5.41) is 20.4. The molecule has 0 aliphatic carbocycles. The van der Waals surface area contributed by atoms with Gasteiger partial charge in [0.15, 0.2) is 5.13 Å². The molecule has 1 atom stereocenters. The van der Waals surface area contributed by atoms with Gasteiger partial charge in [0, 0.05) is 42.7 Å². The van der Waals surface area contributed by atoms with Crippen molar-refractivity contribution in [1.82, 2.24) is 20.9 Å². The van der Waals surface area contributed by atoms with Gasteiger partial charge in [-0.1, -0.05) is 26.0 Å². The number of anilines is 1. The second-order valence-corrected chi connectivity index (χ2v) is 8.70. The first kappa shape index (κ1) is 22.7. The zero-order valence-corrected chi connectivity index (χ0v) is 18.7. The fraction of sp³-hybridized carbons (Fsp3) is 0.455. The Morgan fingerprint density at radius 2 is 1.97 bits per heavy atom. The van der Waals surface area contributed by atoms with Gasteiger partial charge in [-0.15, -0.1) is 11.3 Å². The zero-order chi connectivity index (χ0) is 22.2. The number of carbonyl (C=O) groups is 2. The van der Waals surface area contributed by atoms with Crippen LogP contribution in [0.4, 0.5) is 5.13 Å². The van der Waals surface area contributed by atoms with Crippen molar-refractivity contribution in [2.24, 2.45) is 5.92 Å². The number of rotatable bonds is 8. The molecular formula is C22H28N6O2S. The normalized spacial score (nSPS) is 14.7. The lowest BCUT2D eigenvalue weighted by Gasteiger charge is -2.26. The molecule has 1 aliphatic heterocycles. The minimum Gasteiger partial charge on any atom is -0.346 e. The third-order valence-electron chi connectivity index (χ3n) is 4.99. The van der Waals surface area contributed by atoms with E-state index in [0.717, 1.165) is 42.6 Å². The monoisotopic (exact) mass is 440 g/mol. The van der Waals surface area contributed by atoms with Crippen molar-refractivity contribution in [3.63, 3.8) is 0 Å². The van der Waals surface area contributed by atoms with Crippen molar-refractivity contribution in [2.75, 3.05) is 37.6 Å². The molecule has 3 rings (SSSR count). The van der Waals surface area contributed by atoms with Crippen molar-refractivity contribution in [3.8, 4) is 17.3 Å². The number of nitrogens with one attached hydrogen (secondary N) is 3. The van der Waals surface area contributed by atoms with E-state index in [-0.39, 0.29) is 24.3 Å². The van der Waals surface area contributed by atoms with Gasteiger partial charge in [0.05, 0.1) is 11.8 Å². The molecule has 2 aromatic rings. The number of hydrogen-bond acceptors (Lipinski definition) is 7. The summed E-state index contributed by atoms with van der Waals surface area (Å²) in [5.41, 5.74) is 2.31. The lowest BCUT2D eigenvalue weighted by molar-refractivity contribution is -0.123. The van der Waals surface area contributed by atoms with Crippen molar-refractivity contribution in [2.45, 2.75) is 26.3 Å². The highest BCUT2D eigenvalue weighted by Gasteiger charge is 2.22. The maximum Gasteiger partial charge on any atom is 0.251 e. The second-order valence-electron chi connectivity index (χ2n) is 7.86. The number of carbonyl (C=O) groups excluding carboxylic acids is 2. The first-order valence-electron chi connectivity index (χ1n) is 10.4. The van der Waals surface area contributed by atoms with Gasteiger partial charge >= 0.3 is 0 Å². The summed E-state index contributed by atoms with van der Waals surface area (Å²) in [7, 11) is 0. The van der Waals surface area contributed by atoms with Gasteiger partial charge in [0.25, 0.3) is 5.91 Å². The maximum atomic E-state index is 12.7. The van der Waals surface area contributed by atoms with Crippen LogP contribution >= 0.6 is 11.3 Å². The van der Waals surface area contributed by atoms with E-state index in [1.54, 1.807) is 23.5 Å². The zero-order valence-electron chi connectivity index (χ0n) is 17.9. The van der Waals surface area contributed by atoms with Gasteiger partial charge in [-0.05, 0) is 24.5 Å². The number of nitriles is 1. The van der Waals surface area contributed by atoms with E-state index in [1.165, 1.54) is 0 Å². The SMILES string of the molecule is CC(C)CC(NC(=O)c1ccc(-c2csc(N3CCNCC3)n2)cc1)C(=O)NCC#N. The molecule has 0 radical (unpaired) electrons. The summed E-state index contributed by atoms with van der Waals surface area (Å²) in [4.78, 5) is 32.0. The van der Waals surface area contributed by atoms with E-state index in [4.69, 9.17) is 10.2 Å². The molecular weight excluding hydrogens is 412 g/mol. The quantitative estimate of drug-likeness (QED) is 0.542. The lowest BCUT2D eigenvalue weighted by Crippen LogP contribution is -2.47. The van der Waals surface area contributed by atoms with Crippen molar-refractivity contribution in [1.29, 1.82) is 5.26 Å². The molecule has 1 fully saturated rings. The molecule has 1 unspecified atom stereocenters. The predicted molar refractivity (Wildman–Crippen MR) is 122 cm³/mol. The summed E-state index contributed by atoms with van der Waals surface area (Å²) in [6.07, 6.45) is 0.495. The molecule has 2 heterocycles. The van der Waals surface area contributed by atoms with Crippen molar-refractivity contribution >= 4 is 28.3 Å². The van der Waals surface area contributed by atoms with E-state index < -0.39 is 6.04 Å². The molecule has 164 valence electrons. The van der Waals surface area contributed by atoms with Crippen molar-refractivity contribution < 1.29 is 9.59 Å². The van der Waals surface area contributed by atoms with Crippen LogP contribution in [-0.2, 0) is 4.79 Å². The summed E-state index contributed by atoms with van der Waals surface area (Å²) in [6.45, 7) is 7.71. The summed E-state index contributed by atoms with van der Waals surface area (Å²) in [6, 6.07) is 8.44. The largest absolute Gasteiger partial charge is 0.346 e. The van der Waals surface area contributed by atoms with Crippen LogP contribution in [-0.4, -0.2) is 55.6 Å².